The maximum absolute atomic E-state index is 4.14. The molecule has 1 nitrogen and oxygen atoms in total. The summed E-state index contributed by atoms with van der Waals surface area (Å²) in [5.41, 5.74) is 1.41. The third-order valence-corrected chi connectivity index (χ3v) is 4.21. The Balaban J connectivity index is 2.02. The zero-order valence-corrected chi connectivity index (χ0v) is 10.5. The average molecular weight is 207 g/mol. The van der Waals surface area contributed by atoms with Gasteiger partial charge in [0.15, 0.2) is 0 Å². The highest BCUT2D eigenvalue weighted by molar-refractivity contribution is 5.03. The van der Waals surface area contributed by atoms with Crippen LogP contribution in [0.15, 0.2) is 12.2 Å². The lowest BCUT2D eigenvalue weighted by atomic mass is 9.84. The number of piperidine rings is 1. The summed E-state index contributed by atoms with van der Waals surface area (Å²) in [6.07, 6.45) is 5.64. The van der Waals surface area contributed by atoms with Gasteiger partial charge in [0.05, 0.1) is 0 Å². The molecule has 1 saturated heterocycles. The fourth-order valence-corrected chi connectivity index (χ4v) is 3.05. The molecule has 0 aromatic heterocycles. The van der Waals surface area contributed by atoms with Gasteiger partial charge >= 0.3 is 0 Å². The maximum atomic E-state index is 4.14. The Labute approximate surface area is 94.5 Å². The van der Waals surface area contributed by atoms with Crippen molar-refractivity contribution in [1.82, 2.24) is 4.90 Å². The van der Waals surface area contributed by atoms with Gasteiger partial charge in [-0.1, -0.05) is 12.2 Å². The smallest absolute Gasteiger partial charge is 0.0132 e. The Morgan fingerprint density at radius 3 is 2.40 bits per heavy atom. The number of rotatable bonds is 3. The average Bonchev–Trinajstić information content (AvgIpc) is 2.99. The van der Waals surface area contributed by atoms with Crippen LogP contribution < -0.4 is 0 Å². The molecule has 2 rings (SSSR count). The molecule has 0 aromatic carbocycles. The standard InChI is InChI=1S/C14H25N/c1-10(2)13-7-8-15(11(3)4)14(9-13)12-5-6-12/h11-14H,1,5-9H2,2-4H3. The van der Waals surface area contributed by atoms with E-state index in [2.05, 4.69) is 32.3 Å². The van der Waals surface area contributed by atoms with Crippen molar-refractivity contribution in [2.75, 3.05) is 6.54 Å². The molecule has 2 fully saturated rings. The lowest BCUT2D eigenvalue weighted by molar-refractivity contribution is 0.0769. The summed E-state index contributed by atoms with van der Waals surface area (Å²) in [4.78, 5) is 2.73. The van der Waals surface area contributed by atoms with E-state index >= 15 is 0 Å². The van der Waals surface area contributed by atoms with E-state index in [0.29, 0.717) is 0 Å². The zero-order chi connectivity index (χ0) is 11.0. The molecule has 15 heavy (non-hydrogen) atoms. The van der Waals surface area contributed by atoms with Gasteiger partial charge in [0, 0.05) is 12.1 Å². The Hall–Kier alpha value is -0.300. The molecule has 1 aliphatic carbocycles. The van der Waals surface area contributed by atoms with Gasteiger partial charge in [0.25, 0.3) is 0 Å². The first kappa shape index (κ1) is 11.2. The van der Waals surface area contributed by atoms with Crippen LogP contribution in [-0.2, 0) is 0 Å². The second kappa shape index (κ2) is 4.29. The van der Waals surface area contributed by atoms with Gasteiger partial charge in [0.2, 0.25) is 0 Å². The van der Waals surface area contributed by atoms with Crippen LogP contribution in [-0.4, -0.2) is 23.5 Å². The fraction of sp³-hybridized carbons (Fsp3) is 0.857. The summed E-state index contributed by atoms with van der Waals surface area (Å²) in [7, 11) is 0. The molecular weight excluding hydrogens is 182 g/mol. The van der Waals surface area contributed by atoms with Crippen LogP contribution in [0.25, 0.3) is 0 Å². The van der Waals surface area contributed by atoms with Gasteiger partial charge in [-0.05, 0) is 64.8 Å². The summed E-state index contributed by atoms with van der Waals surface area (Å²) in [6.45, 7) is 12.3. The van der Waals surface area contributed by atoms with Crippen molar-refractivity contribution in [3.05, 3.63) is 12.2 Å². The SMILES string of the molecule is C=C(C)C1CCN(C(C)C)C(C2CC2)C1. The van der Waals surface area contributed by atoms with Gasteiger partial charge in [0.1, 0.15) is 0 Å². The van der Waals surface area contributed by atoms with Crippen LogP contribution in [0, 0.1) is 11.8 Å². The molecule has 2 atom stereocenters. The van der Waals surface area contributed by atoms with Crippen LogP contribution in [0.3, 0.4) is 0 Å². The quantitative estimate of drug-likeness (QED) is 0.641. The highest BCUT2D eigenvalue weighted by Crippen LogP contribution is 2.42. The van der Waals surface area contributed by atoms with Crippen LogP contribution >= 0.6 is 0 Å². The molecule has 1 heterocycles. The minimum absolute atomic E-state index is 0.724. The van der Waals surface area contributed by atoms with E-state index in [-0.39, 0.29) is 0 Å². The molecule has 1 aliphatic heterocycles. The lowest BCUT2D eigenvalue weighted by Gasteiger charge is -2.42. The summed E-state index contributed by atoms with van der Waals surface area (Å²) in [5, 5.41) is 0. The van der Waals surface area contributed by atoms with E-state index in [1.165, 1.54) is 37.8 Å². The van der Waals surface area contributed by atoms with Crippen LogP contribution in [0.4, 0.5) is 0 Å². The third-order valence-electron chi connectivity index (χ3n) is 4.21. The van der Waals surface area contributed by atoms with Crippen LogP contribution in [0.2, 0.25) is 0 Å². The molecular formula is C14H25N. The van der Waals surface area contributed by atoms with Gasteiger partial charge < -0.3 is 0 Å². The minimum Gasteiger partial charge on any atom is -0.298 e. The monoisotopic (exact) mass is 207 g/mol. The van der Waals surface area contributed by atoms with Crippen LogP contribution in [0.1, 0.15) is 46.5 Å². The molecule has 0 radical (unpaired) electrons. The van der Waals surface area contributed by atoms with E-state index in [9.17, 15) is 0 Å². The van der Waals surface area contributed by atoms with Crippen LogP contribution in [0.5, 0.6) is 0 Å². The molecule has 0 amide bonds. The first-order valence-electron chi connectivity index (χ1n) is 6.50. The predicted octanol–water partition coefficient (Wildman–Crippen LogP) is 3.46. The van der Waals surface area contributed by atoms with Crippen molar-refractivity contribution < 1.29 is 0 Å². The number of likely N-dealkylation sites (tertiary alicyclic amines) is 1. The predicted molar refractivity (Wildman–Crippen MR) is 65.9 cm³/mol. The normalized spacial score (nSPS) is 33.3. The Kier molecular flexibility index (Phi) is 3.20. The fourth-order valence-electron chi connectivity index (χ4n) is 3.05. The number of allylic oxidation sites excluding steroid dienone is 1. The summed E-state index contributed by atoms with van der Waals surface area (Å²) < 4.78 is 0. The Bertz CT molecular complexity index is 240. The van der Waals surface area contributed by atoms with E-state index in [1.807, 2.05) is 0 Å². The van der Waals surface area contributed by atoms with E-state index in [1.54, 1.807) is 0 Å². The van der Waals surface area contributed by atoms with Crippen molar-refractivity contribution >= 4 is 0 Å². The topological polar surface area (TPSA) is 3.24 Å². The summed E-state index contributed by atoms with van der Waals surface area (Å²) in [6, 6.07) is 1.59. The van der Waals surface area contributed by atoms with Crippen molar-refractivity contribution in [2.24, 2.45) is 11.8 Å². The first-order valence-corrected chi connectivity index (χ1v) is 6.50. The van der Waals surface area contributed by atoms with E-state index in [4.69, 9.17) is 0 Å². The highest BCUT2D eigenvalue weighted by Gasteiger charge is 2.39. The van der Waals surface area contributed by atoms with Gasteiger partial charge in [-0.15, -0.1) is 0 Å². The van der Waals surface area contributed by atoms with Gasteiger partial charge in [-0.2, -0.15) is 0 Å². The zero-order valence-electron chi connectivity index (χ0n) is 10.5. The lowest BCUT2D eigenvalue weighted by Crippen LogP contribution is -2.47. The molecule has 1 saturated carbocycles. The molecule has 2 aliphatic rings. The van der Waals surface area contributed by atoms with Crippen molar-refractivity contribution in [3.8, 4) is 0 Å². The maximum Gasteiger partial charge on any atom is 0.0132 e. The highest BCUT2D eigenvalue weighted by atomic mass is 15.2. The van der Waals surface area contributed by atoms with Crippen molar-refractivity contribution in [3.63, 3.8) is 0 Å². The molecule has 86 valence electrons. The third kappa shape index (κ3) is 2.44. The van der Waals surface area contributed by atoms with E-state index < -0.39 is 0 Å². The van der Waals surface area contributed by atoms with Gasteiger partial charge in [-0.25, -0.2) is 0 Å². The molecule has 2 unspecified atom stereocenters. The molecule has 0 N–H and O–H groups in total. The Morgan fingerprint density at radius 2 is 1.93 bits per heavy atom. The number of hydrogen-bond donors (Lipinski definition) is 0. The second-order valence-corrected chi connectivity index (χ2v) is 5.80. The molecule has 0 bridgehead atoms. The van der Waals surface area contributed by atoms with Crippen molar-refractivity contribution in [1.29, 1.82) is 0 Å². The van der Waals surface area contributed by atoms with E-state index in [0.717, 1.165) is 23.9 Å². The summed E-state index contributed by atoms with van der Waals surface area (Å²) in [5.74, 6) is 1.81. The molecule has 0 aromatic rings. The molecule has 1 heteroatoms. The largest absolute Gasteiger partial charge is 0.298 e. The number of nitrogens with zero attached hydrogens (tertiary/aromatic N) is 1. The molecule has 0 spiro atoms. The minimum atomic E-state index is 0.724. The van der Waals surface area contributed by atoms with Gasteiger partial charge in [-0.3, -0.25) is 4.90 Å². The first-order chi connectivity index (χ1) is 7.09. The second-order valence-electron chi connectivity index (χ2n) is 5.80. The number of hydrogen-bond acceptors (Lipinski definition) is 1. The van der Waals surface area contributed by atoms with Crippen molar-refractivity contribution in [2.45, 2.75) is 58.5 Å². The Morgan fingerprint density at radius 1 is 1.27 bits per heavy atom. The summed E-state index contributed by atoms with van der Waals surface area (Å²) >= 11 is 0.